The second-order valence-electron chi connectivity index (χ2n) is 5.67. The topological polar surface area (TPSA) is 199 Å². The van der Waals surface area contributed by atoms with Crippen LogP contribution < -0.4 is 0 Å². The Morgan fingerprint density at radius 2 is 1.54 bits per heavy atom. The van der Waals surface area contributed by atoms with E-state index < -0.39 is 74.6 Å². The molecule has 12 nitrogen and oxygen atoms in total. The summed E-state index contributed by atoms with van der Waals surface area (Å²) in [6, 6.07) is 0. The third-order valence-corrected chi connectivity index (χ3v) is 4.13. The van der Waals surface area contributed by atoms with Gasteiger partial charge in [-0.25, -0.2) is 4.89 Å². The molecule has 0 saturated carbocycles. The minimum atomic E-state index is -2.25. The van der Waals surface area contributed by atoms with Gasteiger partial charge in [0.05, 0.1) is 6.61 Å². The smallest absolute Gasteiger partial charge is 0.224 e. The Hall–Kier alpha value is -0.480. The van der Waals surface area contributed by atoms with Crippen molar-refractivity contribution in [1.82, 2.24) is 0 Å². The van der Waals surface area contributed by atoms with Gasteiger partial charge in [0.25, 0.3) is 0 Å². The van der Waals surface area contributed by atoms with Crippen LogP contribution in [0.3, 0.4) is 0 Å². The molecule has 24 heavy (non-hydrogen) atoms. The molecule has 0 spiro atoms. The SMILES string of the molecule is OC[C@H]1O[C@H](O[C@]2(CO)O[C@H](COO)[C@@H](O)[C@@H]2O)[C@H](O)[C@@H](O)[C@@H]1O. The predicted octanol–water partition coefficient (Wildman–Crippen LogP) is -4.90. The van der Waals surface area contributed by atoms with Crippen LogP contribution in [0.15, 0.2) is 0 Å². The summed E-state index contributed by atoms with van der Waals surface area (Å²) in [5.41, 5.74) is 0. The van der Waals surface area contributed by atoms with Gasteiger partial charge < -0.3 is 50.0 Å². The molecule has 9 atom stereocenters. The predicted molar refractivity (Wildman–Crippen MR) is 70.1 cm³/mol. The van der Waals surface area contributed by atoms with Crippen LogP contribution in [-0.2, 0) is 19.1 Å². The summed E-state index contributed by atoms with van der Waals surface area (Å²) in [7, 11) is 0. The zero-order valence-corrected chi connectivity index (χ0v) is 12.5. The van der Waals surface area contributed by atoms with Gasteiger partial charge in [0, 0.05) is 0 Å². The van der Waals surface area contributed by atoms with E-state index in [1.807, 2.05) is 0 Å². The van der Waals surface area contributed by atoms with Gasteiger partial charge in [0.1, 0.15) is 55.9 Å². The van der Waals surface area contributed by atoms with E-state index >= 15 is 0 Å². The molecule has 0 radical (unpaired) electrons. The number of ether oxygens (including phenoxy) is 3. The fourth-order valence-electron chi connectivity index (χ4n) is 2.69. The molecular weight excluding hydrogens is 336 g/mol. The van der Waals surface area contributed by atoms with Crippen molar-refractivity contribution in [3.05, 3.63) is 0 Å². The monoisotopic (exact) mass is 358 g/mol. The first kappa shape index (κ1) is 19.8. The van der Waals surface area contributed by atoms with Gasteiger partial charge in [-0.1, -0.05) is 0 Å². The average Bonchev–Trinajstić information content (AvgIpc) is 2.81. The molecule has 12 heteroatoms. The summed E-state index contributed by atoms with van der Waals surface area (Å²) in [6.45, 7) is -2.23. The molecule has 0 bridgehead atoms. The molecule has 2 saturated heterocycles. The zero-order valence-electron chi connectivity index (χ0n) is 12.5. The number of hydrogen-bond acceptors (Lipinski definition) is 12. The molecular formula is C12H22O12. The summed E-state index contributed by atoms with van der Waals surface area (Å²) in [6.07, 6.45) is -12.8. The molecule has 2 fully saturated rings. The number of hydrogen-bond donors (Lipinski definition) is 8. The van der Waals surface area contributed by atoms with Gasteiger partial charge in [0.2, 0.25) is 5.79 Å². The standard InChI is InChI=1S/C12H22O12/c13-1-4-6(15)8(17)9(18)11(22-4)24-12(3-14)10(19)7(16)5(23-12)2-21-20/h4-11,13-20H,1-3H2/t4-,5-,6-,7-,8+,9-,10+,11-,12+/m1/s1. The Morgan fingerprint density at radius 1 is 0.875 bits per heavy atom. The van der Waals surface area contributed by atoms with Crippen LogP contribution in [0.4, 0.5) is 0 Å². The van der Waals surface area contributed by atoms with Crippen molar-refractivity contribution in [2.75, 3.05) is 19.8 Å². The van der Waals surface area contributed by atoms with E-state index in [0.717, 1.165) is 0 Å². The van der Waals surface area contributed by atoms with Crippen LogP contribution in [0.2, 0.25) is 0 Å². The van der Waals surface area contributed by atoms with E-state index in [1.165, 1.54) is 0 Å². The van der Waals surface area contributed by atoms with Crippen molar-refractivity contribution in [1.29, 1.82) is 0 Å². The maximum atomic E-state index is 10.1. The van der Waals surface area contributed by atoms with E-state index in [1.54, 1.807) is 0 Å². The van der Waals surface area contributed by atoms with Crippen LogP contribution in [0.25, 0.3) is 0 Å². The van der Waals surface area contributed by atoms with Gasteiger partial charge >= 0.3 is 0 Å². The molecule has 0 amide bonds. The third kappa shape index (κ3) is 3.41. The van der Waals surface area contributed by atoms with Gasteiger partial charge in [-0.05, 0) is 0 Å². The van der Waals surface area contributed by atoms with E-state index in [4.69, 9.17) is 24.6 Å². The first-order valence-corrected chi connectivity index (χ1v) is 7.20. The molecule has 0 unspecified atom stereocenters. The molecule has 8 N–H and O–H groups in total. The van der Waals surface area contributed by atoms with Gasteiger partial charge in [0.15, 0.2) is 6.29 Å². The maximum Gasteiger partial charge on any atom is 0.224 e. The van der Waals surface area contributed by atoms with Crippen molar-refractivity contribution >= 4 is 0 Å². The highest BCUT2D eigenvalue weighted by Crippen LogP contribution is 2.36. The largest absolute Gasteiger partial charge is 0.394 e. The van der Waals surface area contributed by atoms with E-state index in [2.05, 4.69) is 4.89 Å². The molecule has 0 aromatic carbocycles. The van der Waals surface area contributed by atoms with Gasteiger partial charge in [-0.3, -0.25) is 5.26 Å². The van der Waals surface area contributed by atoms with E-state index in [-0.39, 0.29) is 0 Å². The zero-order chi connectivity index (χ0) is 18.1. The maximum absolute atomic E-state index is 10.1. The van der Waals surface area contributed by atoms with E-state index in [0.29, 0.717) is 0 Å². The molecule has 0 aliphatic carbocycles. The summed E-state index contributed by atoms with van der Waals surface area (Å²) < 4.78 is 15.5. The lowest BCUT2D eigenvalue weighted by Gasteiger charge is -2.43. The average molecular weight is 358 g/mol. The highest BCUT2D eigenvalue weighted by atomic mass is 17.1. The van der Waals surface area contributed by atoms with Crippen molar-refractivity contribution in [2.24, 2.45) is 0 Å². The molecule has 0 aromatic heterocycles. The fourth-order valence-corrected chi connectivity index (χ4v) is 2.69. The summed E-state index contributed by atoms with van der Waals surface area (Å²) in [4.78, 5) is 3.84. The van der Waals surface area contributed by atoms with Crippen LogP contribution in [0, 0.1) is 0 Å². The molecule has 2 aliphatic heterocycles. The first-order valence-electron chi connectivity index (χ1n) is 7.20. The lowest BCUT2D eigenvalue weighted by atomic mass is 9.99. The van der Waals surface area contributed by atoms with Gasteiger partial charge in [-0.2, -0.15) is 0 Å². The molecule has 142 valence electrons. The second kappa shape index (κ2) is 7.82. The van der Waals surface area contributed by atoms with E-state index in [9.17, 15) is 30.6 Å². The quantitative estimate of drug-likeness (QED) is 0.166. The number of aliphatic hydroxyl groups is 7. The third-order valence-electron chi connectivity index (χ3n) is 4.13. The van der Waals surface area contributed by atoms with Crippen LogP contribution in [0.5, 0.6) is 0 Å². The first-order chi connectivity index (χ1) is 11.3. The minimum absolute atomic E-state index is 0.544. The van der Waals surface area contributed by atoms with Gasteiger partial charge in [-0.15, -0.1) is 0 Å². The van der Waals surface area contributed by atoms with Crippen molar-refractivity contribution < 1.29 is 60.1 Å². The number of rotatable bonds is 6. The highest BCUT2D eigenvalue weighted by Gasteiger charge is 2.58. The molecule has 0 aromatic rings. The fraction of sp³-hybridized carbons (Fsp3) is 1.00. The lowest BCUT2D eigenvalue weighted by Crippen LogP contribution is -2.62. The normalized spacial score (nSPS) is 49.5. The van der Waals surface area contributed by atoms with Crippen LogP contribution >= 0.6 is 0 Å². The number of aliphatic hydroxyl groups excluding tert-OH is 7. The molecule has 2 heterocycles. The lowest BCUT2D eigenvalue weighted by molar-refractivity contribution is -0.386. The Bertz CT molecular complexity index is 407. The summed E-state index contributed by atoms with van der Waals surface area (Å²) >= 11 is 0. The second-order valence-corrected chi connectivity index (χ2v) is 5.67. The molecule has 2 aliphatic rings. The minimum Gasteiger partial charge on any atom is -0.394 e. The Balaban J connectivity index is 2.17. The Morgan fingerprint density at radius 3 is 2.08 bits per heavy atom. The summed E-state index contributed by atoms with van der Waals surface area (Å²) in [5, 5.41) is 76.3. The highest BCUT2D eigenvalue weighted by molar-refractivity contribution is 4.98. The Kier molecular flexibility index (Phi) is 6.46. The van der Waals surface area contributed by atoms with Crippen LogP contribution in [0.1, 0.15) is 0 Å². The molecule has 2 rings (SSSR count). The Labute approximate surface area is 135 Å². The summed E-state index contributed by atoms with van der Waals surface area (Å²) in [5.74, 6) is -2.25. The van der Waals surface area contributed by atoms with Crippen LogP contribution in [-0.4, -0.2) is 116 Å². The van der Waals surface area contributed by atoms with Crippen molar-refractivity contribution in [3.63, 3.8) is 0 Å². The van der Waals surface area contributed by atoms with Crippen molar-refractivity contribution in [3.8, 4) is 0 Å². The van der Waals surface area contributed by atoms with Crippen molar-refractivity contribution in [2.45, 2.75) is 54.8 Å².